The highest BCUT2D eigenvalue weighted by atomic mass is 31.2. The summed E-state index contributed by atoms with van der Waals surface area (Å²) >= 11 is 0. The fourth-order valence-corrected chi connectivity index (χ4v) is 3.37. The van der Waals surface area contributed by atoms with Crippen molar-refractivity contribution in [3.05, 3.63) is 12.7 Å². The minimum absolute atomic E-state index is 0.316. The van der Waals surface area contributed by atoms with Crippen LogP contribution in [-0.4, -0.2) is 35.5 Å². The lowest BCUT2D eigenvalue weighted by Gasteiger charge is -2.20. The molecule has 0 spiro atoms. The summed E-state index contributed by atoms with van der Waals surface area (Å²) < 4.78 is 26.6. The zero-order valence-electron chi connectivity index (χ0n) is 19.7. The molecule has 0 heterocycles. The van der Waals surface area contributed by atoms with Gasteiger partial charge in [-0.05, 0) is 24.7 Å². The molecular weight excluding hydrogens is 407 g/mol. The third kappa shape index (κ3) is 19.3. The SMILES string of the molecule is C=CC(=O)OC(O)CC.CCCCC(CC)COP(=O)(O)OCC(CC)CCCC. The zero-order valence-corrected chi connectivity index (χ0v) is 20.6. The molecule has 180 valence electrons. The van der Waals surface area contributed by atoms with Gasteiger partial charge in [-0.2, -0.15) is 0 Å². The van der Waals surface area contributed by atoms with Gasteiger partial charge in [0.15, 0.2) is 0 Å². The average molecular weight is 453 g/mol. The molecule has 3 atom stereocenters. The number of phosphoric acid groups is 1. The Morgan fingerprint density at radius 2 is 1.37 bits per heavy atom. The zero-order chi connectivity index (χ0) is 23.4. The standard InChI is InChI=1S/C16H35O4P.C6H10O3/c1-5-9-11-15(7-3)13-19-21(17,18)20-14-16(8-4)12-10-6-2;1-3-5(7)9-6(8)4-2/h15-16H,5-14H2,1-4H3,(H,17,18);3,6,8H,1,4H2,2H3. The lowest BCUT2D eigenvalue weighted by Crippen LogP contribution is -2.14. The number of rotatable bonds is 17. The van der Waals surface area contributed by atoms with Gasteiger partial charge in [-0.15, -0.1) is 0 Å². The highest BCUT2D eigenvalue weighted by Gasteiger charge is 2.24. The van der Waals surface area contributed by atoms with Crippen molar-refractivity contribution in [3.8, 4) is 0 Å². The number of hydrogen-bond donors (Lipinski definition) is 2. The number of aliphatic hydroxyl groups is 1. The smallest absolute Gasteiger partial charge is 0.433 e. The van der Waals surface area contributed by atoms with E-state index in [9.17, 15) is 14.3 Å². The number of carbonyl (C=O) groups is 1. The Morgan fingerprint density at radius 1 is 0.933 bits per heavy atom. The van der Waals surface area contributed by atoms with Gasteiger partial charge in [-0.3, -0.25) is 9.05 Å². The maximum Gasteiger partial charge on any atom is 0.472 e. The first-order valence-electron chi connectivity index (χ1n) is 11.3. The van der Waals surface area contributed by atoms with Crippen LogP contribution in [0.5, 0.6) is 0 Å². The van der Waals surface area contributed by atoms with Gasteiger partial charge in [0.05, 0.1) is 13.2 Å². The minimum atomic E-state index is -3.89. The van der Waals surface area contributed by atoms with Crippen molar-refractivity contribution < 1.29 is 33.1 Å². The number of phosphoric ester groups is 1. The molecule has 2 N–H and O–H groups in total. The van der Waals surface area contributed by atoms with E-state index in [0.717, 1.165) is 57.4 Å². The maximum atomic E-state index is 11.9. The van der Waals surface area contributed by atoms with Crippen molar-refractivity contribution in [2.45, 2.75) is 98.7 Å². The van der Waals surface area contributed by atoms with Crippen LogP contribution in [0.25, 0.3) is 0 Å². The summed E-state index contributed by atoms with van der Waals surface area (Å²) in [5.41, 5.74) is 0. The van der Waals surface area contributed by atoms with Gasteiger partial charge < -0.3 is 14.7 Å². The predicted octanol–water partition coefficient (Wildman–Crippen LogP) is 6.00. The van der Waals surface area contributed by atoms with Gasteiger partial charge in [0.2, 0.25) is 6.29 Å². The van der Waals surface area contributed by atoms with Crippen molar-refractivity contribution in [2.75, 3.05) is 13.2 Å². The van der Waals surface area contributed by atoms with Gasteiger partial charge in [0.25, 0.3) is 0 Å². The Balaban J connectivity index is 0. The van der Waals surface area contributed by atoms with Crippen molar-refractivity contribution in [3.63, 3.8) is 0 Å². The van der Waals surface area contributed by atoms with E-state index in [1.54, 1.807) is 6.92 Å². The predicted molar refractivity (Wildman–Crippen MR) is 121 cm³/mol. The molecule has 0 aliphatic rings. The second-order valence-electron chi connectivity index (χ2n) is 7.40. The molecule has 0 aliphatic heterocycles. The van der Waals surface area contributed by atoms with Crippen LogP contribution in [0.4, 0.5) is 0 Å². The fourth-order valence-electron chi connectivity index (χ4n) is 2.50. The molecule has 7 nitrogen and oxygen atoms in total. The van der Waals surface area contributed by atoms with Crippen molar-refractivity contribution >= 4 is 13.8 Å². The van der Waals surface area contributed by atoms with Crippen molar-refractivity contribution in [1.29, 1.82) is 0 Å². The molecular formula is C22H45O7P. The molecule has 0 aromatic carbocycles. The molecule has 0 aromatic heterocycles. The molecule has 0 aliphatic carbocycles. The molecule has 0 saturated heterocycles. The average Bonchev–Trinajstić information content (AvgIpc) is 2.74. The first kappa shape index (κ1) is 31.5. The largest absolute Gasteiger partial charge is 0.472 e. The second-order valence-corrected chi connectivity index (χ2v) is 8.85. The van der Waals surface area contributed by atoms with E-state index in [2.05, 4.69) is 39.0 Å². The van der Waals surface area contributed by atoms with E-state index < -0.39 is 20.1 Å². The number of hydrogen-bond acceptors (Lipinski definition) is 6. The van der Waals surface area contributed by atoms with Crippen LogP contribution in [0.15, 0.2) is 12.7 Å². The third-order valence-corrected chi connectivity index (χ3v) is 5.75. The van der Waals surface area contributed by atoms with Crippen LogP contribution in [0.2, 0.25) is 0 Å². The monoisotopic (exact) mass is 452 g/mol. The number of unbranched alkanes of at least 4 members (excludes halogenated alkanes) is 2. The van der Waals surface area contributed by atoms with Gasteiger partial charge in [0, 0.05) is 12.5 Å². The summed E-state index contributed by atoms with van der Waals surface area (Å²) in [5.74, 6) is 0.0940. The maximum absolute atomic E-state index is 11.9. The fraction of sp³-hybridized carbons (Fsp3) is 0.864. The summed E-state index contributed by atoms with van der Waals surface area (Å²) in [4.78, 5) is 20.0. The minimum Gasteiger partial charge on any atom is -0.433 e. The number of ether oxygens (including phenoxy) is 1. The van der Waals surface area contributed by atoms with E-state index >= 15 is 0 Å². The van der Waals surface area contributed by atoms with E-state index in [0.29, 0.717) is 31.5 Å². The third-order valence-electron chi connectivity index (χ3n) is 4.80. The number of aliphatic hydroxyl groups excluding tert-OH is 1. The molecule has 0 radical (unpaired) electrons. The Kier molecular flexibility index (Phi) is 21.2. The first-order chi connectivity index (χ1) is 14.2. The Morgan fingerprint density at radius 3 is 1.67 bits per heavy atom. The topological polar surface area (TPSA) is 102 Å². The van der Waals surface area contributed by atoms with Gasteiger partial charge in [-0.1, -0.05) is 79.7 Å². The summed E-state index contributed by atoms with van der Waals surface area (Å²) in [6.07, 6.45) is 8.98. The molecule has 3 unspecified atom stereocenters. The number of carbonyl (C=O) groups excluding carboxylic acids is 1. The van der Waals surface area contributed by atoms with Crippen molar-refractivity contribution in [2.24, 2.45) is 11.8 Å². The normalized spacial score (nSPS) is 15.8. The van der Waals surface area contributed by atoms with Crippen LogP contribution in [0, 0.1) is 11.8 Å². The summed E-state index contributed by atoms with van der Waals surface area (Å²) in [6.45, 7) is 14.0. The molecule has 0 saturated carbocycles. The molecule has 0 aromatic rings. The van der Waals surface area contributed by atoms with Crippen LogP contribution in [0.3, 0.4) is 0 Å². The number of esters is 1. The molecule has 0 bridgehead atoms. The molecule has 8 heteroatoms. The van der Waals surface area contributed by atoms with Gasteiger partial charge in [0.1, 0.15) is 0 Å². The summed E-state index contributed by atoms with van der Waals surface area (Å²) in [5, 5.41) is 8.67. The lowest BCUT2D eigenvalue weighted by molar-refractivity contribution is -0.161. The highest BCUT2D eigenvalue weighted by molar-refractivity contribution is 7.47. The molecule has 0 rings (SSSR count). The Bertz CT molecular complexity index is 446. The van der Waals surface area contributed by atoms with E-state index in [4.69, 9.17) is 14.2 Å². The quantitative estimate of drug-likeness (QED) is 0.121. The van der Waals surface area contributed by atoms with Crippen LogP contribution in [0.1, 0.15) is 92.4 Å². The lowest BCUT2D eigenvalue weighted by atomic mass is 10.0. The van der Waals surface area contributed by atoms with E-state index in [1.807, 2.05) is 0 Å². The van der Waals surface area contributed by atoms with Gasteiger partial charge >= 0.3 is 13.8 Å². The highest BCUT2D eigenvalue weighted by Crippen LogP contribution is 2.44. The molecule has 0 fully saturated rings. The first-order valence-corrected chi connectivity index (χ1v) is 12.8. The Labute approximate surface area is 183 Å². The summed E-state index contributed by atoms with van der Waals surface area (Å²) in [6, 6.07) is 0. The van der Waals surface area contributed by atoms with Gasteiger partial charge in [-0.25, -0.2) is 9.36 Å². The van der Waals surface area contributed by atoms with E-state index in [1.165, 1.54) is 0 Å². The molecule has 30 heavy (non-hydrogen) atoms. The Hall–Kier alpha value is -0.720. The second kappa shape index (κ2) is 20.2. The van der Waals surface area contributed by atoms with Crippen LogP contribution < -0.4 is 0 Å². The van der Waals surface area contributed by atoms with Crippen LogP contribution >= 0.6 is 7.82 Å². The van der Waals surface area contributed by atoms with Crippen molar-refractivity contribution in [1.82, 2.24) is 0 Å². The summed E-state index contributed by atoms with van der Waals surface area (Å²) in [7, 11) is -3.89. The van der Waals surface area contributed by atoms with Crippen LogP contribution in [-0.2, 0) is 23.1 Å². The molecule has 0 amide bonds. The van der Waals surface area contributed by atoms with E-state index in [-0.39, 0.29) is 0 Å².